The van der Waals surface area contributed by atoms with E-state index in [9.17, 15) is 0 Å². The van der Waals surface area contributed by atoms with Gasteiger partial charge in [0.05, 0.1) is 10.4 Å². The maximum Gasteiger partial charge on any atom is 0.0701 e. The number of hydrogen-bond acceptors (Lipinski definition) is 3. The van der Waals surface area contributed by atoms with E-state index in [0.29, 0.717) is 0 Å². The van der Waals surface area contributed by atoms with Crippen molar-refractivity contribution in [3.05, 3.63) is 50.6 Å². The van der Waals surface area contributed by atoms with E-state index in [-0.39, 0.29) is 6.61 Å². The van der Waals surface area contributed by atoms with E-state index in [4.69, 9.17) is 5.11 Å². The third-order valence-corrected chi connectivity index (χ3v) is 3.81. The molecule has 16 heavy (non-hydrogen) atoms. The first-order chi connectivity index (χ1) is 7.78. The Kier molecular flexibility index (Phi) is 3.98. The highest BCUT2D eigenvalue weighted by molar-refractivity contribution is 9.11. The summed E-state index contributed by atoms with van der Waals surface area (Å²) in [5, 5.41) is 14.4. The summed E-state index contributed by atoms with van der Waals surface area (Å²) < 4.78 is 1.15. The molecule has 1 aromatic carbocycles. The summed E-state index contributed by atoms with van der Waals surface area (Å²) in [6, 6.07) is 9.91. The zero-order valence-corrected chi connectivity index (χ0v) is 11.0. The summed E-state index contributed by atoms with van der Waals surface area (Å²) >= 11 is 5.13. The first kappa shape index (κ1) is 11.6. The van der Waals surface area contributed by atoms with E-state index >= 15 is 0 Å². The van der Waals surface area contributed by atoms with Crippen LogP contribution in [0.1, 0.15) is 11.1 Å². The van der Waals surface area contributed by atoms with Gasteiger partial charge in [0.2, 0.25) is 0 Å². The molecule has 1 aromatic heterocycles. The average molecular weight is 298 g/mol. The fourth-order valence-electron chi connectivity index (χ4n) is 1.37. The molecule has 0 amide bonds. The second-order valence-corrected chi connectivity index (χ2v) is 5.76. The van der Waals surface area contributed by atoms with Gasteiger partial charge in [0, 0.05) is 12.2 Å². The van der Waals surface area contributed by atoms with Crippen molar-refractivity contribution in [1.29, 1.82) is 0 Å². The molecule has 0 spiro atoms. The van der Waals surface area contributed by atoms with Gasteiger partial charge in [-0.1, -0.05) is 12.1 Å². The molecule has 2 N–H and O–H groups in total. The molecule has 0 aliphatic heterocycles. The normalized spacial score (nSPS) is 10.4. The monoisotopic (exact) mass is 297 g/mol. The van der Waals surface area contributed by atoms with Crippen molar-refractivity contribution in [3.8, 4) is 0 Å². The van der Waals surface area contributed by atoms with Crippen molar-refractivity contribution in [2.75, 3.05) is 5.32 Å². The van der Waals surface area contributed by atoms with Crippen LogP contribution < -0.4 is 5.32 Å². The highest BCUT2D eigenvalue weighted by atomic mass is 79.9. The van der Waals surface area contributed by atoms with Crippen LogP contribution in [0.25, 0.3) is 0 Å². The van der Waals surface area contributed by atoms with Crippen LogP contribution in [0.2, 0.25) is 0 Å². The SMILES string of the molecule is OCc1ccc(NCc2csc(Br)c2)cc1. The fourth-order valence-corrected chi connectivity index (χ4v) is 2.58. The number of halogens is 1. The number of aliphatic hydroxyl groups excluding tert-OH is 1. The van der Waals surface area contributed by atoms with Crippen molar-refractivity contribution in [3.63, 3.8) is 0 Å². The number of hydrogen-bond donors (Lipinski definition) is 2. The zero-order chi connectivity index (χ0) is 11.4. The number of benzene rings is 1. The smallest absolute Gasteiger partial charge is 0.0701 e. The lowest BCUT2D eigenvalue weighted by Gasteiger charge is -2.05. The van der Waals surface area contributed by atoms with Crippen LogP contribution in [-0.2, 0) is 13.2 Å². The fraction of sp³-hybridized carbons (Fsp3) is 0.167. The molecule has 0 radical (unpaired) electrons. The Labute approximate surface area is 107 Å². The average Bonchev–Trinajstić information content (AvgIpc) is 2.73. The molecule has 4 heteroatoms. The molecule has 2 rings (SSSR count). The topological polar surface area (TPSA) is 32.3 Å². The molecular weight excluding hydrogens is 286 g/mol. The van der Waals surface area contributed by atoms with Crippen LogP contribution in [0.15, 0.2) is 39.5 Å². The number of anilines is 1. The van der Waals surface area contributed by atoms with Crippen LogP contribution in [-0.4, -0.2) is 5.11 Å². The Morgan fingerprint density at radius 2 is 1.94 bits per heavy atom. The van der Waals surface area contributed by atoms with Crippen LogP contribution in [0.4, 0.5) is 5.69 Å². The molecule has 0 aliphatic rings. The van der Waals surface area contributed by atoms with Gasteiger partial charge < -0.3 is 10.4 Å². The third kappa shape index (κ3) is 3.07. The van der Waals surface area contributed by atoms with Gasteiger partial charge in [-0.15, -0.1) is 11.3 Å². The Morgan fingerprint density at radius 3 is 2.50 bits per heavy atom. The highest BCUT2D eigenvalue weighted by Crippen LogP contribution is 2.21. The van der Waals surface area contributed by atoms with Gasteiger partial charge in [-0.25, -0.2) is 0 Å². The molecule has 2 nitrogen and oxygen atoms in total. The van der Waals surface area contributed by atoms with Gasteiger partial charge in [-0.05, 0) is 50.6 Å². The molecule has 0 saturated heterocycles. The van der Waals surface area contributed by atoms with Crippen LogP contribution in [0.3, 0.4) is 0 Å². The van der Waals surface area contributed by atoms with Gasteiger partial charge in [-0.2, -0.15) is 0 Å². The maximum atomic E-state index is 8.91. The lowest BCUT2D eigenvalue weighted by atomic mass is 10.2. The minimum absolute atomic E-state index is 0.0950. The third-order valence-electron chi connectivity index (χ3n) is 2.25. The predicted octanol–water partition coefficient (Wildman–Crippen LogP) is 3.62. The van der Waals surface area contributed by atoms with Crippen LogP contribution >= 0.6 is 27.3 Å². The second kappa shape index (κ2) is 5.48. The molecule has 2 aromatic rings. The number of nitrogens with one attached hydrogen (secondary N) is 1. The maximum absolute atomic E-state index is 8.91. The first-order valence-electron chi connectivity index (χ1n) is 4.94. The molecule has 0 aliphatic carbocycles. The van der Waals surface area contributed by atoms with Crippen molar-refractivity contribution in [2.24, 2.45) is 0 Å². The Hall–Kier alpha value is -0.840. The van der Waals surface area contributed by atoms with E-state index in [0.717, 1.165) is 21.6 Å². The van der Waals surface area contributed by atoms with Gasteiger partial charge in [0.15, 0.2) is 0 Å². The molecule has 1 heterocycles. The summed E-state index contributed by atoms with van der Waals surface area (Å²) in [4.78, 5) is 0. The van der Waals surface area contributed by atoms with E-state index < -0.39 is 0 Å². The number of aliphatic hydroxyl groups is 1. The van der Waals surface area contributed by atoms with Crippen LogP contribution in [0, 0.1) is 0 Å². The summed E-state index contributed by atoms with van der Waals surface area (Å²) in [7, 11) is 0. The summed E-state index contributed by atoms with van der Waals surface area (Å²) in [5.74, 6) is 0. The molecule has 0 atom stereocenters. The van der Waals surface area contributed by atoms with Crippen molar-refractivity contribution < 1.29 is 5.11 Å². The molecule has 0 fully saturated rings. The van der Waals surface area contributed by atoms with Gasteiger partial charge in [0.25, 0.3) is 0 Å². The standard InChI is InChI=1S/C12H12BrNOS/c13-12-5-10(8-16-12)6-14-11-3-1-9(7-15)2-4-11/h1-5,8,14-15H,6-7H2. The van der Waals surface area contributed by atoms with Gasteiger partial charge in [0.1, 0.15) is 0 Å². The summed E-state index contributed by atoms with van der Waals surface area (Å²) in [6.07, 6.45) is 0. The zero-order valence-electron chi connectivity index (χ0n) is 8.61. The van der Waals surface area contributed by atoms with Crippen molar-refractivity contribution >= 4 is 33.0 Å². The molecule has 0 unspecified atom stereocenters. The van der Waals surface area contributed by atoms with Crippen molar-refractivity contribution in [1.82, 2.24) is 0 Å². The minimum Gasteiger partial charge on any atom is -0.392 e. The van der Waals surface area contributed by atoms with Gasteiger partial charge in [-0.3, -0.25) is 0 Å². The lowest BCUT2D eigenvalue weighted by Crippen LogP contribution is -1.97. The number of thiophene rings is 1. The lowest BCUT2D eigenvalue weighted by molar-refractivity contribution is 0.282. The van der Waals surface area contributed by atoms with E-state index in [1.54, 1.807) is 11.3 Å². The van der Waals surface area contributed by atoms with E-state index in [2.05, 4.69) is 32.7 Å². The molecule has 0 saturated carbocycles. The molecule has 0 bridgehead atoms. The summed E-state index contributed by atoms with van der Waals surface area (Å²) in [6.45, 7) is 0.915. The van der Waals surface area contributed by atoms with Gasteiger partial charge >= 0.3 is 0 Å². The van der Waals surface area contributed by atoms with Crippen LogP contribution in [0.5, 0.6) is 0 Å². The molecule has 84 valence electrons. The first-order valence-corrected chi connectivity index (χ1v) is 6.62. The highest BCUT2D eigenvalue weighted by Gasteiger charge is 1.97. The largest absolute Gasteiger partial charge is 0.392 e. The summed E-state index contributed by atoms with van der Waals surface area (Å²) in [5.41, 5.74) is 3.27. The minimum atomic E-state index is 0.0950. The Morgan fingerprint density at radius 1 is 1.19 bits per heavy atom. The number of rotatable bonds is 4. The quantitative estimate of drug-likeness (QED) is 0.903. The van der Waals surface area contributed by atoms with E-state index in [1.807, 2.05) is 24.3 Å². The Bertz CT molecular complexity index is 452. The van der Waals surface area contributed by atoms with Crippen molar-refractivity contribution in [2.45, 2.75) is 13.2 Å². The second-order valence-electron chi connectivity index (χ2n) is 3.47. The Balaban J connectivity index is 1.94. The predicted molar refractivity (Wildman–Crippen MR) is 71.7 cm³/mol. The van der Waals surface area contributed by atoms with E-state index in [1.165, 1.54) is 5.56 Å². The molecular formula is C12H12BrNOS.